The second kappa shape index (κ2) is 5.21. The van der Waals surface area contributed by atoms with Crippen molar-refractivity contribution in [2.75, 3.05) is 0 Å². The minimum atomic E-state index is -0.646. The Morgan fingerprint density at radius 1 is 1.48 bits per heavy atom. The summed E-state index contributed by atoms with van der Waals surface area (Å²) < 4.78 is 13.3. The number of hydrogen-bond acceptors (Lipinski definition) is 5. The SMILES string of the molecule is CC1(C)OCc2c(cccc2/C(Cn2ccnc2)=N\O)O1. The van der Waals surface area contributed by atoms with E-state index in [1.807, 2.05) is 42.8 Å². The van der Waals surface area contributed by atoms with Gasteiger partial charge in [0.1, 0.15) is 11.5 Å². The van der Waals surface area contributed by atoms with Crippen molar-refractivity contribution in [3.63, 3.8) is 0 Å². The van der Waals surface area contributed by atoms with Crippen LogP contribution < -0.4 is 4.74 Å². The molecule has 1 N–H and O–H groups in total. The zero-order valence-electron chi connectivity index (χ0n) is 12.0. The largest absolute Gasteiger partial charge is 0.463 e. The van der Waals surface area contributed by atoms with Crippen LogP contribution in [0.3, 0.4) is 0 Å². The molecule has 1 aliphatic rings. The normalized spacial score (nSPS) is 17.1. The summed E-state index contributed by atoms with van der Waals surface area (Å²) in [7, 11) is 0. The van der Waals surface area contributed by atoms with Gasteiger partial charge >= 0.3 is 0 Å². The summed E-state index contributed by atoms with van der Waals surface area (Å²) in [5.74, 6) is 0.113. The first-order chi connectivity index (χ1) is 10.1. The van der Waals surface area contributed by atoms with Crippen LogP contribution in [-0.4, -0.2) is 26.3 Å². The summed E-state index contributed by atoms with van der Waals surface area (Å²) >= 11 is 0. The van der Waals surface area contributed by atoms with Crippen molar-refractivity contribution in [1.29, 1.82) is 0 Å². The number of ether oxygens (including phenoxy) is 2. The zero-order chi connectivity index (χ0) is 14.9. The lowest BCUT2D eigenvalue weighted by Crippen LogP contribution is -2.36. The number of oxime groups is 1. The van der Waals surface area contributed by atoms with Gasteiger partial charge < -0.3 is 19.2 Å². The molecule has 0 spiro atoms. The minimum Gasteiger partial charge on any atom is -0.463 e. The van der Waals surface area contributed by atoms with Crippen molar-refractivity contribution >= 4 is 5.71 Å². The molecule has 2 aromatic rings. The number of rotatable bonds is 3. The van der Waals surface area contributed by atoms with Crippen LogP contribution in [0.2, 0.25) is 0 Å². The van der Waals surface area contributed by atoms with Gasteiger partial charge in [-0.2, -0.15) is 0 Å². The third-order valence-corrected chi connectivity index (χ3v) is 3.38. The van der Waals surface area contributed by atoms with E-state index in [1.165, 1.54) is 0 Å². The number of fused-ring (bicyclic) bond motifs is 1. The van der Waals surface area contributed by atoms with Crippen molar-refractivity contribution in [3.8, 4) is 5.75 Å². The van der Waals surface area contributed by atoms with Gasteiger partial charge in [-0.05, 0) is 6.07 Å². The summed E-state index contributed by atoms with van der Waals surface area (Å²) in [6.45, 7) is 4.59. The highest BCUT2D eigenvalue weighted by Crippen LogP contribution is 2.33. The zero-order valence-corrected chi connectivity index (χ0v) is 12.0. The predicted octanol–water partition coefficient (Wildman–Crippen LogP) is 2.41. The van der Waals surface area contributed by atoms with E-state index in [4.69, 9.17) is 9.47 Å². The van der Waals surface area contributed by atoms with Gasteiger partial charge in [0.05, 0.1) is 19.5 Å². The summed E-state index contributed by atoms with van der Waals surface area (Å²) in [4.78, 5) is 3.99. The molecule has 1 aliphatic heterocycles. The van der Waals surface area contributed by atoms with Crippen LogP contribution in [0.1, 0.15) is 25.0 Å². The first-order valence-corrected chi connectivity index (χ1v) is 6.71. The van der Waals surface area contributed by atoms with E-state index in [-0.39, 0.29) is 0 Å². The highest BCUT2D eigenvalue weighted by atomic mass is 16.7. The van der Waals surface area contributed by atoms with Gasteiger partial charge in [-0.25, -0.2) is 4.98 Å². The van der Waals surface area contributed by atoms with Crippen molar-refractivity contribution in [3.05, 3.63) is 48.0 Å². The molecule has 0 unspecified atom stereocenters. The van der Waals surface area contributed by atoms with Crippen molar-refractivity contribution in [2.45, 2.75) is 32.8 Å². The van der Waals surface area contributed by atoms with Crippen molar-refractivity contribution < 1.29 is 14.7 Å². The van der Waals surface area contributed by atoms with E-state index in [0.717, 1.165) is 16.9 Å². The van der Waals surface area contributed by atoms with E-state index in [2.05, 4.69) is 10.1 Å². The average molecular weight is 287 g/mol. The van der Waals surface area contributed by atoms with Crippen LogP contribution in [0.4, 0.5) is 0 Å². The van der Waals surface area contributed by atoms with E-state index in [0.29, 0.717) is 18.9 Å². The molecule has 2 heterocycles. The number of benzene rings is 1. The smallest absolute Gasteiger partial charge is 0.205 e. The molecule has 1 aromatic heterocycles. The standard InChI is InChI=1S/C15H17N3O3/c1-15(2)20-9-12-11(4-3-5-14(12)21-15)13(17-19)8-18-7-6-16-10-18/h3-7,10,19H,8-9H2,1-2H3/b17-13-. The fraction of sp³-hybridized carbons (Fsp3) is 0.333. The molecule has 0 bridgehead atoms. The first-order valence-electron chi connectivity index (χ1n) is 6.71. The highest BCUT2D eigenvalue weighted by Gasteiger charge is 2.29. The number of imidazole rings is 1. The maximum Gasteiger partial charge on any atom is 0.205 e. The van der Waals surface area contributed by atoms with E-state index in [1.54, 1.807) is 12.5 Å². The molecule has 0 aliphatic carbocycles. The third-order valence-electron chi connectivity index (χ3n) is 3.38. The second-order valence-corrected chi connectivity index (χ2v) is 5.35. The molecule has 0 fully saturated rings. The molecule has 1 aromatic carbocycles. The highest BCUT2D eigenvalue weighted by molar-refractivity contribution is 6.01. The van der Waals surface area contributed by atoms with Crippen LogP contribution in [-0.2, 0) is 17.9 Å². The number of nitrogens with zero attached hydrogens (tertiary/aromatic N) is 3. The Morgan fingerprint density at radius 3 is 3.05 bits per heavy atom. The maximum absolute atomic E-state index is 9.36. The number of aromatic nitrogens is 2. The van der Waals surface area contributed by atoms with Gasteiger partial charge in [-0.3, -0.25) is 0 Å². The van der Waals surface area contributed by atoms with Gasteiger partial charge in [0.25, 0.3) is 0 Å². The molecule has 21 heavy (non-hydrogen) atoms. The summed E-state index contributed by atoms with van der Waals surface area (Å²) in [6, 6.07) is 5.68. The Morgan fingerprint density at radius 2 is 2.33 bits per heavy atom. The molecule has 6 heteroatoms. The molecule has 0 amide bonds. The van der Waals surface area contributed by atoms with E-state index < -0.39 is 5.79 Å². The Hall–Kier alpha value is -2.34. The molecule has 110 valence electrons. The maximum atomic E-state index is 9.36. The first kappa shape index (κ1) is 13.6. The molecule has 0 saturated carbocycles. The molecular formula is C15H17N3O3. The van der Waals surface area contributed by atoms with E-state index >= 15 is 0 Å². The molecular weight excluding hydrogens is 270 g/mol. The number of hydrogen-bond donors (Lipinski definition) is 1. The van der Waals surface area contributed by atoms with Crippen LogP contribution in [0, 0.1) is 0 Å². The second-order valence-electron chi connectivity index (χ2n) is 5.35. The molecule has 3 rings (SSSR count). The van der Waals surface area contributed by atoms with Gasteiger partial charge in [0.2, 0.25) is 5.79 Å². The van der Waals surface area contributed by atoms with Gasteiger partial charge in [0.15, 0.2) is 0 Å². The van der Waals surface area contributed by atoms with Crippen LogP contribution in [0.25, 0.3) is 0 Å². The Bertz CT molecular complexity index is 663. The lowest BCUT2D eigenvalue weighted by atomic mass is 10.0. The van der Waals surface area contributed by atoms with Gasteiger partial charge in [-0.15, -0.1) is 0 Å². The fourth-order valence-corrected chi connectivity index (χ4v) is 2.34. The molecule has 0 radical (unpaired) electrons. The monoisotopic (exact) mass is 287 g/mol. The fourth-order valence-electron chi connectivity index (χ4n) is 2.34. The summed E-state index contributed by atoms with van der Waals surface area (Å²) in [5, 5.41) is 12.8. The minimum absolute atomic E-state index is 0.418. The Labute approximate surface area is 122 Å². The van der Waals surface area contributed by atoms with Crippen molar-refractivity contribution in [1.82, 2.24) is 9.55 Å². The molecule has 0 atom stereocenters. The lowest BCUT2D eigenvalue weighted by Gasteiger charge is -2.33. The van der Waals surface area contributed by atoms with Gasteiger partial charge in [-0.1, -0.05) is 17.3 Å². The molecule has 6 nitrogen and oxygen atoms in total. The molecule has 0 saturated heterocycles. The van der Waals surface area contributed by atoms with Crippen LogP contribution in [0.15, 0.2) is 42.1 Å². The third kappa shape index (κ3) is 2.75. The topological polar surface area (TPSA) is 68.9 Å². The van der Waals surface area contributed by atoms with Crippen LogP contribution >= 0.6 is 0 Å². The average Bonchev–Trinajstić information content (AvgIpc) is 2.96. The predicted molar refractivity (Wildman–Crippen MR) is 76.5 cm³/mol. The summed E-state index contributed by atoms with van der Waals surface area (Å²) in [5.41, 5.74) is 2.25. The van der Waals surface area contributed by atoms with Gasteiger partial charge in [0, 0.05) is 37.4 Å². The van der Waals surface area contributed by atoms with E-state index in [9.17, 15) is 5.21 Å². The van der Waals surface area contributed by atoms with Crippen LogP contribution in [0.5, 0.6) is 5.75 Å². The Kier molecular flexibility index (Phi) is 3.39. The quantitative estimate of drug-likeness (QED) is 0.534. The van der Waals surface area contributed by atoms with Crippen molar-refractivity contribution in [2.24, 2.45) is 5.16 Å². The lowest BCUT2D eigenvalue weighted by molar-refractivity contribution is -0.180. The Balaban J connectivity index is 1.95. The summed E-state index contributed by atoms with van der Waals surface area (Å²) in [6.07, 6.45) is 5.18.